The number of nitrogens with zero attached hydrogens (tertiary/aromatic N) is 1. The fourth-order valence-electron chi connectivity index (χ4n) is 1.07. The highest BCUT2D eigenvalue weighted by Gasteiger charge is 2.26. The van der Waals surface area contributed by atoms with Crippen LogP contribution in [-0.2, 0) is 9.53 Å². The van der Waals surface area contributed by atoms with Gasteiger partial charge < -0.3 is 4.74 Å². The number of likely N-dealkylation sites (N-methyl/N-ethyl adjacent to an activating group) is 1. The number of methoxy groups -OCH3 is 1. The molecule has 3 nitrogen and oxygen atoms in total. The molecule has 1 aliphatic heterocycles. The molecule has 11 heavy (non-hydrogen) atoms. The summed E-state index contributed by atoms with van der Waals surface area (Å²) < 4.78 is 4.67. The summed E-state index contributed by atoms with van der Waals surface area (Å²) >= 11 is 1.81. The number of carbonyl (C=O) groups is 1. The van der Waals surface area contributed by atoms with Crippen molar-refractivity contribution >= 4 is 17.7 Å². The zero-order valence-corrected chi connectivity index (χ0v) is 7.69. The van der Waals surface area contributed by atoms with Crippen molar-refractivity contribution in [3.8, 4) is 0 Å². The molecule has 0 spiro atoms. The number of rotatable bonds is 1. The van der Waals surface area contributed by atoms with Gasteiger partial charge in [-0.1, -0.05) is 0 Å². The van der Waals surface area contributed by atoms with Gasteiger partial charge in [-0.2, -0.15) is 11.8 Å². The monoisotopic (exact) mass is 175 g/mol. The maximum atomic E-state index is 11.1. The van der Waals surface area contributed by atoms with Gasteiger partial charge in [0.2, 0.25) is 0 Å². The van der Waals surface area contributed by atoms with E-state index < -0.39 is 0 Å². The third-order valence-electron chi connectivity index (χ3n) is 1.87. The minimum atomic E-state index is -0.111. The zero-order valence-electron chi connectivity index (χ0n) is 6.87. The van der Waals surface area contributed by atoms with Crippen molar-refractivity contribution in [3.63, 3.8) is 0 Å². The Labute approximate surface area is 71.1 Å². The highest BCUT2D eigenvalue weighted by molar-refractivity contribution is 7.99. The Morgan fingerprint density at radius 3 is 3.00 bits per heavy atom. The number of esters is 1. The molecule has 0 aliphatic carbocycles. The van der Waals surface area contributed by atoms with E-state index in [-0.39, 0.29) is 12.0 Å². The van der Waals surface area contributed by atoms with Gasteiger partial charge >= 0.3 is 5.97 Å². The SMILES string of the molecule is COC(=O)[C@H]1CSCCN1C. The predicted octanol–water partition coefficient (Wildman–Crippen LogP) is 0.207. The predicted molar refractivity (Wildman–Crippen MR) is 45.8 cm³/mol. The molecule has 4 heteroatoms. The highest BCUT2D eigenvalue weighted by atomic mass is 32.2. The molecular formula is C7H13NO2S. The van der Waals surface area contributed by atoms with Crippen LogP contribution in [0.2, 0.25) is 0 Å². The standard InChI is InChI=1S/C7H13NO2S/c1-8-3-4-11-5-6(8)7(9)10-2/h6H,3-5H2,1-2H3/t6-/m1/s1. The van der Waals surface area contributed by atoms with Crippen LogP contribution < -0.4 is 0 Å². The molecule has 0 radical (unpaired) electrons. The van der Waals surface area contributed by atoms with E-state index in [1.165, 1.54) is 7.11 Å². The highest BCUT2D eigenvalue weighted by Crippen LogP contribution is 2.15. The number of hydrogen-bond acceptors (Lipinski definition) is 4. The summed E-state index contributed by atoms with van der Waals surface area (Å²) in [6.07, 6.45) is 0. The minimum Gasteiger partial charge on any atom is -0.468 e. The second kappa shape index (κ2) is 3.97. The van der Waals surface area contributed by atoms with Gasteiger partial charge in [0.1, 0.15) is 6.04 Å². The van der Waals surface area contributed by atoms with Crippen molar-refractivity contribution in [3.05, 3.63) is 0 Å². The topological polar surface area (TPSA) is 29.5 Å². The summed E-state index contributed by atoms with van der Waals surface area (Å²) in [6.45, 7) is 0.977. The van der Waals surface area contributed by atoms with Crippen molar-refractivity contribution in [2.24, 2.45) is 0 Å². The summed E-state index contributed by atoms with van der Waals surface area (Å²) in [5.41, 5.74) is 0. The Balaban J connectivity index is 2.47. The summed E-state index contributed by atoms with van der Waals surface area (Å²) in [5, 5.41) is 0. The first-order valence-corrected chi connectivity index (χ1v) is 4.77. The molecule has 0 amide bonds. The molecule has 1 aliphatic rings. The second-order valence-electron chi connectivity index (χ2n) is 2.59. The van der Waals surface area contributed by atoms with Crippen LogP contribution in [0.5, 0.6) is 0 Å². The van der Waals surface area contributed by atoms with Gasteiger partial charge in [-0.15, -0.1) is 0 Å². The molecule has 0 aromatic carbocycles. The normalized spacial score (nSPS) is 26.5. The number of thioether (sulfide) groups is 1. The molecule has 1 rings (SSSR count). The van der Waals surface area contributed by atoms with Gasteiger partial charge in [-0.25, -0.2) is 0 Å². The molecular weight excluding hydrogens is 162 g/mol. The van der Waals surface area contributed by atoms with Crippen molar-refractivity contribution in [1.29, 1.82) is 0 Å². The Kier molecular flexibility index (Phi) is 3.20. The molecule has 0 saturated carbocycles. The van der Waals surface area contributed by atoms with Gasteiger partial charge in [0, 0.05) is 18.1 Å². The quantitative estimate of drug-likeness (QED) is 0.533. The molecule has 0 N–H and O–H groups in total. The van der Waals surface area contributed by atoms with Crippen molar-refractivity contribution in [1.82, 2.24) is 4.90 Å². The number of ether oxygens (including phenoxy) is 1. The maximum Gasteiger partial charge on any atom is 0.323 e. The average molecular weight is 175 g/mol. The Morgan fingerprint density at radius 2 is 2.45 bits per heavy atom. The van der Waals surface area contributed by atoms with Crippen LogP contribution in [0.4, 0.5) is 0 Å². The molecule has 0 unspecified atom stereocenters. The minimum absolute atomic E-state index is 0.0289. The summed E-state index contributed by atoms with van der Waals surface area (Å²) in [5.74, 6) is 1.87. The fourth-order valence-corrected chi connectivity index (χ4v) is 2.27. The number of carbonyl (C=O) groups excluding carboxylic acids is 1. The molecule has 1 heterocycles. The van der Waals surface area contributed by atoms with E-state index >= 15 is 0 Å². The Hall–Kier alpha value is -0.220. The van der Waals surface area contributed by atoms with Crippen LogP contribution in [0.1, 0.15) is 0 Å². The van der Waals surface area contributed by atoms with E-state index in [4.69, 9.17) is 0 Å². The molecule has 1 saturated heterocycles. The average Bonchev–Trinajstić information content (AvgIpc) is 2.04. The first-order valence-electron chi connectivity index (χ1n) is 3.61. The van der Waals surface area contributed by atoms with E-state index in [2.05, 4.69) is 4.74 Å². The maximum absolute atomic E-state index is 11.1. The van der Waals surface area contributed by atoms with E-state index in [0.717, 1.165) is 18.1 Å². The van der Waals surface area contributed by atoms with Crippen molar-refractivity contribution in [2.75, 3.05) is 32.2 Å². The summed E-state index contributed by atoms with van der Waals surface area (Å²) in [7, 11) is 3.40. The van der Waals surface area contributed by atoms with Crippen molar-refractivity contribution < 1.29 is 9.53 Å². The first-order chi connectivity index (χ1) is 5.25. The lowest BCUT2D eigenvalue weighted by atomic mass is 10.3. The van der Waals surface area contributed by atoms with Crippen LogP contribution in [-0.4, -0.2) is 49.1 Å². The summed E-state index contributed by atoms with van der Waals surface area (Å²) in [6, 6.07) is -0.0289. The van der Waals surface area contributed by atoms with Crippen molar-refractivity contribution in [2.45, 2.75) is 6.04 Å². The van der Waals surface area contributed by atoms with Crippen LogP contribution in [0.15, 0.2) is 0 Å². The molecule has 0 aromatic heterocycles. The van der Waals surface area contributed by atoms with Crippen LogP contribution in [0.3, 0.4) is 0 Å². The smallest absolute Gasteiger partial charge is 0.323 e. The lowest BCUT2D eigenvalue weighted by Gasteiger charge is -2.29. The van der Waals surface area contributed by atoms with Crippen LogP contribution in [0, 0.1) is 0 Å². The lowest BCUT2D eigenvalue weighted by molar-refractivity contribution is -0.145. The second-order valence-corrected chi connectivity index (χ2v) is 3.74. The number of hydrogen-bond donors (Lipinski definition) is 0. The Morgan fingerprint density at radius 1 is 1.73 bits per heavy atom. The van der Waals surface area contributed by atoms with Crippen LogP contribution >= 0.6 is 11.8 Å². The van der Waals surface area contributed by atoms with Gasteiger partial charge in [-0.3, -0.25) is 9.69 Å². The third kappa shape index (κ3) is 2.10. The van der Waals surface area contributed by atoms with E-state index in [9.17, 15) is 4.79 Å². The van der Waals surface area contributed by atoms with Gasteiger partial charge in [0.15, 0.2) is 0 Å². The molecule has 64 valence electrons. The molecule has 0 bridgehead atoms. The molecule has 1 fully saturated rings. The Bertz CT molecular complexity index is 151. The van der Waals surface area contributed by atoms with E-state index in [1.54, 1.807) is 0 Å². The van der Waals surface area contributed by atoms with Gasteiger partial charge in [0.25, 0.3) is 0 Å². The zero-order chi connectivity index (χ0) is 8.27. The van der Waals surface area contributed by atoms with Gasteiger partial charge in [-0.05, 0) is 7.05 Å². The van der Waals surface area contributed by atoms with Crippen LogP contribution in [0.25, 0.3) is 0 Å². The third-order valence-corrected chi connectivity index (χ3v) is 2.89. The molecule has 1 atom stereocenters. The summed E-state index contributed by atoms with van der Waals surface area (Å²) in [4.78, 5) is 13.1. The largest absolute Gasteiger partial charge is 0.468 e. The van der Waals surface area contributed by atoms with E-state index in [1.807, 2.05) is 23.7 Å². The first kappa shape index (κ1) is 8.87. The fraction of sp³-hybridized carbons (Fsp3) is 0.857. The molecule has 0 aromatic rings. The van der Waals surface area contributed by atoms with E-state index in [0.29, 0.717) is 0 Å². The van der Waals surface area contributed by atoms with Gasteiger partial charge in [0.05, 0.1) is 7.11 Å². The lowest BCUT2D eigenvalue weighted by Crippen LogP contribution is -2.45.